The van der Waals surface area contributed by atoms with E-state index >= 15 is 0 Å². The zero-order valence-electron chi connectivity index (χ0n) is 10.2. The summed E-state index contributed by atoms with van der Waals surface area (Å²) in [5.74, 6) is 0.664. The van der Waals surface area contributed by atoms with Crippen LogP contribution >= 0.6 is 0 Å². The SMILES string of the molecule is C=CC(=C)N1CCOc2ccc(S(C)(=O)=O)cc21. The van der Waals surface area contributed by atoms with Gasteiger partial charge in [0, 0.05) is 12.0 Å². The van der Waals surface area contributed by atoms with Crippen molar-refractivity contribution in [2.75, 3.05) is 24.3 Å². The highest BCUT2D eigenvalue weighted by molar-refractivity contribution is 7.90. The van der Waals surface area contributed by atoms with Crippen molar-refractivity contribution in [3.05, 3.63) is 43.1 Å². The van der Waals surface area contributed by atoms with Gasteiger partial charge in [-0.1, -0.05) is 13.2 Å². The molecule has 1 aromatic carbocycles. The van der Waals surface area contributed by atoms with Crippen LogP contribution in [0.15, 0.2) is 48.0 Å². The highest BCUT2D eigenvalue weighted by Gasteiger charge is 2.21. The number of nitrogens with zero attached hydrogens (tertiary/aromatic N) is 1. The topological polar surface area (TPSA) is 46.6 Å². The monoisotopic (exact) mass is 265 g/mol. The van der Waals surface area contributed by atoms with Crippen molar-refractivity contribution < 1.29 is 13.2 Å². The molecule has 5 heteroatoms. The second-order valence-corrected chi connectivity index (χ2v) is 6.11. The maximum Gasteiger partial charge on any atom is 0.175 e. The minimum absolute atomic E-state index is 0.272. The Labute approximate surface area is 107 Å². The van der Waals surface area contributed by atoms with Crippen LogP contribution in [0.5, 0.6) is 5.75 Å². The van der Waals surface area contributed by atoms with Crippen molar-refractivity contribution in [1.82, 2.24) is 0 Å². The van der Waals surface area contributed by atoms with Gasteiger partial charge in [0.1, 0.15) is 12.4 Å². The van der Waals surface area contributed by atoms with Gasteiger partial charge in [-0.2, -0.15) is 0 Å². The second-order valence-electron chi connectivity index (χ2n) is 4.10. The van der Waals surface area contributed by atoms with Gasteiger partial charge in [0.2, 0.25) is 0 Å². The quantitative estimate of drug-likeness (QED) is 0.784. The van der Waals surface area contributed by atoms with E-state index in [0.29, 0.717) is 24.6 Å². The Morgan fingerprint density at radius 1 is 1.50 bits per heavy atom. The van der Waals surface area contributed by atoms with Crippen LogP contribution in [0.25, 0.3) is 0 Å². The molecule has 0 saturated heterocycles. The summed E-state index contributed by atoms with van der Waals surface area (Å²) < 4.78 is 28.6. The Balaban J connectivity index is 2.54. The van der Waals surface area contributed by atoms with Crippen LogP contribution in [0, 0.1) is 0 Å². The maximum absolute atomic E-state index is 11.6. The van der Waals surface area contributed by atoms with E-state index in [9.17, 15) is 8.42 Å². The van der Waals surface area contributed by atoms with E-state index in [-0.39, 0.29) is 4.90 Å². The van der Waals surface area contributed by atoms with Gasteiger partial charge in [0.25, 0.3) is 0 Å². The minimum atomic E-state index is -3.23. The van der Waals surface area contributed by atoms with E-state index in [1.54, 1.807) is 24.3 Å². The number of hydrogen-bond acceptors (Lipinski definition) is 4. The molecule has 2 rings (SSSR count). The predicted octanol–water partition coefficient (Wildman–Crippen LogP) is 1.99. The minimum Gasteiger partial charge on any atom is -0.490 e. The van der Waals surface area contributed by atoms with Crippen molar-refractivity contribution in [1.29, 1.82) is 0 Å². The van der Waals surface area contributed by atoms with Gasteiger partial charge >= 0.3 is 0 Å². The number of anilines is 1. The van der Waals surface area contributed by atoms with Crippen molar-refractivity contribution >= 4 is 15.5 Å². The number of benzene rings is 1. The Morgan fingerprint density at radius 2 is 2.22 bits per heavy atom. The van der Waals surface area contributed by atoms with Crippen LogP contribution in [-0.2, 0) is 9.84 Å². The molecule has 0 saturated carbocycles. The fourth-order valence-corrected chi connectivity index (χ4v) is 2.48. The standard InChI is InChI=1S/C13H15NO3S/c1-4-10(2)14-7-8-17-13-6-5-11(9-12(13)14)18(3,15)16/h4-6,9H,1-2,7-8H2,3H3. The number of rotatable bonds is 3. The van der Waals surface area contributed by atoms with E-state index in [1.807, 2.05) is 4.90 Å². The van der Waals surface area contributed by atoms with Gasteiger partial charge in [-0.05, 0) is 24.3 Å². The molecule has 1 aromatic rings. The van der Waals surface area contributed by atoms with Crippen molar-refractivity contribution in [3.63, 3.8) is 0 Å². The molecule has 1 heterocycles. The first-order chi connectivity index (χ1) is 8.43. The van der Waals surface area contributed by atoms with Crippen LogP contribution in [-0.4, -0.2) is 27.8 Å². The highest BCUT2D eigenvalue weighted by atomic mass is 32.2. The molecule has 0 fully saturated rings. The van der Waals surface area contributed by atoms with Gasteiger partial charge in [-0.3, -0.25) is 0 Å². The zero-order chi connectivity index (χ0) is 13.3. The lowest BCUT2D eigenvalue weighted by Crippen LogP contribution is -2.31. The third kappa shape index (κ3) is 2.26. The van der Waals surface area contributed by atoms with Gasteiger partial charge in [0.05, 0.1) is 17.1 Å². The largest absolute Gasteiger partial charge is 0.490 e. The van der Waals surface area contributed by atoms with E-state index in [4.69, 9.17) is 4.74 Å². The highest BCUT2D eigenvalue weighted by Crippen LogP contribution is 2.35. The molecular formula is C13H15NO3S. The van der Waals surface area contributed by atoms with Crippen LogP contribution < -0.4 is 9.64 Å². The summed E-state index contributed by atoms with van der Waals surface area (Å²) in [5.41, 5.74) is 1.44. The fourth-order valence-electron chi connectivity index (χ4n) is 1.84. The smallest absolute Gasteiger partial charge is 0.175 e. The van der Waals surface area contributed by atoms with Crippen molar-refractivity contribution in [2.45, 2.75) is 4.90 Å². The predicted molar refractivity (Wildman–Crippen MR) is 71.7 cm³/mol. The lowest BCUT2D eigenvalue weighted by Gasteiger charge is -2.31. The average molecular weight is 265 g/mol. The van der Waals surface area contributed by atoms with E-state index < -0.39 is 9.84 Å². The number of ether oxygens (including phenoxy) is 1. The number of sulfone groups is 1. The van der Waals surface area contributed by atoms with Crippen LogP contribution in [0.1, 0.15) is 0 Å². The third-order valence-corrected chi connectivity index (χ3v) is 3.91. The summed E-state index contributed by atoms with van der Waals surface area (Å²) in [6, 6.07) is 4.83. The molecular weight excluding hydrogens is 250 g/mol. The lowest BCUT2D eigenvalue weighted by molar-refractivity contribution is 0.312. The molecule has 4 nitrogen and oxygen atoms in total. The third-order valence-electron chi connectivity index (χ3n) is 2.80. The fraction of sp³-hybridized carbons (Fsp3) is 0.231. The Hall–Kier alpha value is -1.75. The van der Waals surface area contributed by atoms with Crippen LogP contribution in [0.3, 0.4) is 0 Å². The first kappa shape index (κ1) is 12.7. The van der Waals surface area contributed by atoms with Gasteiger partial charge in [0.15, 0.2) is 9.84 Å². The molecule has 96 valence electrons. The van der Waals surface area contributed by atoms with E-state index in [1.165, 1.54) is 6.26 Å². The number of fused-ring (bicyclic) bond motifs is 1. The van der Waals surface area contributed by atoms with E-state index in [0.717, 1.165) is 5.70 Å². The van der Waals surface area contributed by atoms with Gasteiger partial charge in [-0.15, -0.1) is 0 Å². The summed E-state index contributed by atoms with van der Waals surface area (Å²) in [5, 5.41) is 0. The molecule has 0 unspecified atom stereocenters. The maximum atomic E-state index is 11.6. The van der Waals surface area contributed by atoms with Gasteiger partial charge < -0.3 is 9.64 Å². The normalized spacial score (nSPS) is 14.6. The molecule has 0 spiro atoms. The molecule has 1 aliphatic rings. The van der Waals surface area contributed by atoms with Crippen LogP contribution in [0.2, 0.25) is 0 Å². The molecule has 0 bridgehead atoms. The molecule has 0 atom stereocenters. The van der Waals surface area contributed by atoms with Crippen molar-refractivity contribution in [3.8, 4) is 5.75 Å². The van der Waals surface area contributed by atoms with Crippen molar-refractivity contribution in [2.24, 2.45) is 0 Å². The summed E-state index contributed by atoms with van der Waals surface area (Å²) in [4.78, 5) is 2.18. The second kappa shape index (κ2) is 4.49. The molecule has 0 aliphatic carbocycles. The summed E-state index contributed by atoms with van der Waals surface area (Å²) in [7, 11) is -3.23. The molecule has 0 amide bonds. The number of hydrogen-bond donors (Lipinski definition) is 0. The average Bonchev–Trinajstić information content (AvgIpc) is 2.35. The Morgan fingerprint density at radius 3 is 2.83 bits per heavy atom. The molecule has 0 radical (unpaired) electrons. The molecule has 0 N–H and O–H groups in total. The molecule has 0 aromatic heterocycles. The van der Waals surface area contributed by atoms with E-state index in [2.05, 4.69) is 13.2 Å². The summed E-state index contributed by atoms with van der Waals surface area (Å²) in [6.45, 7) is 8.74. The van der Waals surface area contributed by atoms with Gasteiger partial charge in [-0.25, -0.2) is 8.42 Å². The summed E-state index contributed by atoms with van der Waals surface area (Å²) >= 11 is 0. The summed E-state index contributed by atoms with van der Waals surface area (Å²) in [6.07, 6.45) is 2.83. The molecule has 18 heavy (non-hydrogen) atoms. The zero-order valence-corrected chi connectivity index (χ0v) is 11.0. The Bertz CT molecular complexity index is 605. The van der Waals surface area contributed by atoms with Crippen LogP contribution in [0.4, 0.5) is 5.69 Å². The lowest BCUT2D eigenvalue weighted by atomic mass is 10.2. The molecule has 1 aliphatic heterocycles. The number of allylic oxidation sites excluding steroid dienone is 1. The Kier molecular flexibility index (Phi) is 3.17. The first-order valence-corrected chi connectivity index (χ1v) is 7.38. The first-order valence-electron chi connectivity index (χ1n) is 5.49.